The SMILES string of the molecule is Cc1cccc(-c2ccccc2-c2c(-n3c4ccccc4c4ccccc43)c(N3c4ccccc4Oc4ccccc43)nc([N+]3=C4C=CC=CC4Oc4ccccc43)c2-n2c3ccccc3c3ccccc32)n1. The molecule has 0 spiro atoms. The molecule has 12 aromatic rings. The van der Waals surface area contributed by atoms with Crippen molar-refractivity contribution >= 4 is 78.0 Å². The summed E-state index contributed by atoms with van der Waals surface area (Å²) >= 11 is 0. The normalized spacial score (nSPS) is 14.5. The van der Waals surface area contributed by atoms with E-state index in [1.54, 1.807) is 0 Å². The molecule has 1 aliphatic carbocycles. The van der Waals surface area contributed by atoms with Gasteiger partial charge in [0.1, 0.15) is 5.69 Å². The van der Waals surface area contributed by atoms with Gasteiger partial charge in [-0.2, -0.15) is 4.58 Å². The number of ether oxygens (including phenoxy) is 2. The summed E-state index contributed by atoms with van der Waals surface area (Å²) < 4.78 is 21.0. The Bertz CT molecular complexity index is 4230. The van der Waals surface area contributed by atoms with Crippen LogP contribution in [0.15, 0.2) is 237 Å². The molecule has 3 aliphatic rings. The van der Waals surface area contributed by atoms with Gasteiger partial charge in [0.05, 0.1) is 39.1 Å². The van der Waals surface area contributed by atoms with Gasteiger partial charge >= 0.3 is 5.82 Å². The van der Waals surface area contributed by atoms with Crippen molar-refractivity contribution in [3.8, 4) is 51.0 Å². The molecule has 73 heavy (non-hydrogen) atoms. The van der Waals surface area contributed by atoms with Crippen LogP contribution in [-0.4, -0.2) is 30.9 Å². The summed E-state index contributed by atoms with van der Waals surface area (Å²) in [7, 11) is 0. The number of fused-ring (bicyclic) bond motifs is 10. The first-order valence-corrected chi connectivity index (χ1v) is 24.7. The number of hydrogen-bond acceptors (Lipinski definition) is 5. The Morgan fingerprint density at radius 2 is 0.986 bits per heavy atom. The highest BCUT2D eigenvalue weighted by atomic mass is 16.5. The van der Waals surface area contributed by atoms with Crippen molar-refractivity contribution in [2.45, 2.75) is 13.0 Å². The smallest absolute Gasteiger partial charge is 0.356 e. The molecule has 8 heteroatoms. The number of hydrogen-bond donors (Lipinski definition) is 0. The lowest BCUT2D eigenvalue weighted by molar-refractivity contribution is 0.303. The van der Waals surface area contributed by atoms with Gasteiger partial charge in [0.25, 0.3) is 5.82 Å². The fraction of sp³-hybridized carbons (Fsp3) is 0.0308. The van der Waals surface area contributed by atoms with Crippen molar-refractivity contribution in [3.05, 3.63) is 242 Å². The highest BCUT2D eigenvalue weighted by Gasteiger charge is 2.43. The number of rotatable bonds is 6. The Morgan fingerprint density at radius 3 is 1.60 bits per heavy atom. The second kappa shape index (κ2) is 16.1. The van der Waals surface area contributed by atoms with Crippen LogP contribution in [0.2, 0.25) is 0 Å². The van der Waals surface area contributed by atoms with Crippen LogP contribution in [0, 0.1) is 6.92 Å². The molecule has 0 fully saturated rings. The first-order chi connectivity index (χ1) is 36.2. The molecule has 0 amide bonds. The Morgan fingerprint density at radius 1 is 0.466 bits per heavy atom. The maximum atomic E-state index is 6.89. The molecule has 0 N–H and O–H groups in total. The van der Waals surface area contributed by atoms with Crippen LogP contribution in [0.25, 0.3) is 77.4 Å². The standard InChI is InChI=1S/C65H43N6O2/c1-41-21-20-28-48(66-41)42-22-2-3-27-47(42)61-62(68-49-29-8-4-23-43(49)44-24-5-9-30-50(44)68)64(70-53-33-12-16-37-57(53)72-58-38-17-13-34-54(58)70)67-65(71-55-35-14-18-39-59(55)73-60-40-19-15-36-56(60)71)63(61)69-51-31-10-6-25-45(51)46-26-7-11-32-52(46)69/h2-40,57H,1H3/q+1. The summed E-state index contributed by atoms with van der Waals surface area (Å²) in [6, 6.07) is 75.0. The topological polar surface area (TPSA) is 60.4 Å². The Labute approximate surface area is 420 Å². The van der Waals surface area contributed by atoms with Crippen molar-refractivity contribution in [1.29, 1.82) is 0 Å². The minimum atomic E-state index is -0.398. The van der Waals surface area contributed by atoms with E-state index in [0.717, 1.165) is 123 Å². The predicted molar refractivity (Wildman–Crippen MR) is 297 cm³/mol. The van der Waals surface area contributed by atoms with E-state index in [2.05, 4.69) is 232 Å². The molecule has 0 bridgehead atoms. The third-order valence-corrected chi connectivity index (χ3v) is 14.5. The number of allylic oxidation sites excluding steroid dienone is 2. The number of aryl methyl sites for hydroxylation is 1. The molecule has 2 aliphatic heterocycles. The van der Waals surface area contributed by atoms with Crippen LogP contribution >= 0.6 is 0 Å². The molecule has 8 nitrogen and oxygen atoms in total. The molecular formula is C65H43N6O2+. The molecule has 0 radical (unpaired) electrons. The molecule has 1 atom stereocenters. The fourth-order valence-corrected chi connectivity index (χ4v) is 11.5. The Hall–Kier alpha value is -9.79. The molecule has 0 saturated carbocycles. The van der Waals surface area contributed by atoms with E-state index in [0.29, 0.717) is 11.6 Å². The van der Waals surface area contributed by atoms with Crippen molar-refractivity contribution in [3.63, 3.8) is 0 Å². The molecule has 0 saturated heterocycles. The summed E-state index contributed by atoms with van der Waals surface area (Å²) in [5.74, 6) is 3.62. The average molecular weight is 940 g/mol. The molecule has 6 heterocycles. The molecule has 8 aromatic carbocycles. The van der Waals surface area contributed by atoms with Crippen molar-refractivity contribution in [1.82, 2.24) is 23.7 Å². The molecule has 344 valence electrons. The van der Waals surface area contributed by atoms with Gasteiger partial charge in [-0.15, -0.1) is 0 Å². The van der Waals surface area contributed by atoms with Crippen molar-refractivity contribution in [2.24, 2.45) is 0 Å². The van der Waals surface area contributed by atoms with Gasteiger partial charge in [0.15, 0.2) is 40.4 Å². The zero-order chi connectivity index (χ0) is 48.1. The quantitative estimate of drug-likeness (QED) is 0.155. The third-order valence-electron chi connectivity index (χ3n) is 14.5. The monoisotopic (exact) mass is 939 g/mol. The predicted octanol–water partition coefficient (Wildman–Crippen LogP) is 16.1. The van der Waals surface area contributed by atoms with Gasteiger partial charge in [-0.1, -0.05) is 152 Å². The zero-order valence-electron chi connectivity index (χ0n) is 39.6. The van der Waals surface area contributed by atoms with E-state index in [9.17, 15) is 0 Å². The van der Waals surface area contributed by atoms with E-state index in [1.807, 2.05) is 30.3 Å². The number of benzene rings is 8. The van der Waals surface area contributed by atoms with E-state index in [-0.39, 0.29) is 0 Å². The highest BCUT2D eigenvalue weighted by molar-refractivity contribution is 6.15. The summed E-state index contributed by atoms with van der Waals surface area (Å²) in [6.45, 7) is 2.06. The average Bonchev–Trinajstić information content (AvgIpc) is 3.96. The van der Waals surface area contributed by atoms with Crippen LogP contribution in [-0.2, 0) is 0 Å². The molecular weight excluding hydrogens is 897 g/mol. The van der Waals surface area contributed by atoms with E-state index in [1.165, 1.54) is 0 Å². The van der Waals surface area contributed by atoms with E-state index < -0.39 is 6.10 Å². The summed E-state index contributed by atoms with van der Waals surface area (Å²) in [5, 5.41) is 4.54. The number of anilines is 3. The lowest BCUT2D eigenvalue weighted by atomic mass is 9.93. The van der Waals surface area contributed by atoms with Crippen LogP contribution < -0.4 is 18.9 Å². The van der Waals surface area contributed by atoms with Crippen molar-refractivity contribution < 1.29 is 9.47 Å². The summed E-state index contributed by atoms with van der Waals surface area (Å²) in [5.41, 5.74) is 14.2. The van der Waals surface area contributed by atoms with Gasteiger partial charge in [0, 0.05) is 38.4 Å². The number of aromatic nitrogens is 4. The minimum Gasteiger partial charge on any atom is -0.473 e. The Kier molecular flexibility index (Phi) is 9.07. The fourth-order valence-electron chi connectivity index (χ4n) is 11.5. The van der Waals surface area contributed by atoms with Gasteiger partial charge in [-0.25, -0.2) is 0 Å². The number of para-hydroxylation sites is 10. The first kappa shape index (κ1) is 41.0. The van der Waals surface area contributed by atoms with Crippen LogP contribution in [0.5, 0.6) is 17.2 Å². The summed E-state index contributed by atoms with van der Waals surface area (Å²) in [6.07, 6.45) is 8.06. The lowest BCUT2D eigenvalue weighted by Crippen LogP contribution is -2.37. The van der Waals surface area contributed by atoms with Crippen LogP contribution in [0.3, 0.4) is 0 Å². The maximum Gasteiger partial charge on any atom is 0.356 e. The van der Waals surface area contributed by atoms with Gasteiger partial charge < -0.3 is 18.6 Å². The molecule has 15 rings (SSSR count). The largest absolute Gasteiger partial charge is 0.473 e. The number of nitrogens with zero attached hydrogens (tertiary/aromatic N) is 6. The number of pyridine rings is 2. The van der Waals surface area contributed by atoms with Gasteiger partial charge in [-0.05, 0) is 102 Å². The van der Waals surface area contributed by atoms with Crippen LogP contribution in [0.4, 0.5) is 28.7 Å². The second-order valence-electron chi connectivity index (χ2n) is 18.7. The minimum absolute atomic E-state index is 0.398. The van der Waals surface area contributed by atoms with Gasteiger partial charge in [-0.3, -0.25) is 9.88 Å². The van der Waals surface area contributed by atoms with Crippen molar-refractivity contribution in [2.75, 3.05) is 4.90 Å². The van der Waals surface area contributed by atoms with Gasteiger partial charge in [0.2, 0.25) is 0 Å². The summed E-state index contributed by atoms with van der Waals surface area (Å²) in [4.78, 5) is 13.9. The van der Waals surface area contributed by atoms with E-state index in [4.69, 9.17) is 19.4 Å². The van der Waals surface area contributed by atoms with E-state index >= 15 is 0 Å². The first-order valence-electron chi connectivity index (χ1n) is 24.7. The van der Waals surface area contributed by atoms with Crippen LogP contribution in [0.1, 0.15) is 5.69 Å². The Balaban J connectivity index is 1.26. The zero-order valence-corrected chi connectivity index (χ0v) is 39.6. The highest BCUT2D eigenvalue weighted by Crippen LogP contribution is 2.57. The molecule has 1 unspecified atom stereocenters. The maximum absolute atomic E-state index is 6.89. The second-order valence-corrected chi connectivity index (χ2v) is 18.7. The molecule has 4 aromatic heterocycles. The third kappa shape index (κ3) is 6.17. The lowest BCUT2D eigenvalue weighted by Gasteiger charge is -2.33.